The molecule has 116 valence electrons. The summed E-state index contributed by atoms with van der Waals surface area (Å²) in [4.78, 5) is 4.31. The highest BCUT2D eigenvalue weighted by atomic mass is 16.3. The van der Waals surface area contributed by atoms with Crippen molar-refractivity contribution in [1.82, 2.24) is 14.7 Å². The number of benzene rings is 1. The maximum atomic E-state index is 10.1. The van der Waals surface area contributed by atoms with Gasteiger partial charge in [-0.25, -0.2) is 4.98 Å². The van der Waals surface area contributed by atoms with Crippen LogP contribution in [0.3, 0.4) is 0 Å². The summed E-state index contributed by atoms with van der Waals surface area (Å²) in [6.45, 7) is 1.09. The molecule has 1 aromatic carbocycles. The molecule has 0 aliphatic heterocycles. The monoisotopic (exact) mass is 306 g/mol. The summed E-state index contributed by atoms with van der Waals surface area (Å²) in [5.74, 6) is 0. The molecule has 0 aliphatic rings. The van der Waals surface area contributed by atoms with Crippen LogP contribution in [0.2, 0.25) is 0 Å². The lowest BCUT2D eigenvalue weighted by Crippen LogP contribution is -2.28. The Labute approximate surface area is 134 Å². The van der Waals surface area contributed by atoms with Crippen molar-refractivity contribution in [2.24, 2.45) is 0 Å². The third kappa shape index (κ3) is 3.75. The quantitative estimate of drug-likeness (QED) is 0.729. The van der Waals surface area contributed by atoms with Crippen molar-refractivity contribution in [3.05, 3.63) is 71.7 Å². The highest BCUT2D eigenvalue weighted by Crippen LogP contribution is 2.09. The zero-order valence-electron chi connectivity index (χ0n) is 12.7. The Kier molecular flexibility index (Phi) is 4.67. The molecule has 0 aliphatic carbocycles. The number of nitrogens with one attached hydrogen (secondary N) is 1. The highest BCUT2D eigenvalue weighted by molar-refractivity contribution is 5.44. The fourth-order valence-corrected chi connectivity index (χ4v) is 2.55. The van der Waals surface area contributed by atoms with Gasteiger partial charge in [-0.3, -0.25) is 0 Å². The number of aliphatic hydroxyl groups is 1. The Morgan fingerprint density at radius 2 is 2.04 bits per heavy atom. The summed E-state index contributed by atoms with van der Waals surface area (Å²) < 4.78 is 1.90. The van der Waals surface area contributed by atoms with Crippen molar-refractivity contribution in [3.8, 4) is 6.07 Å². The topological polar surface area (TPSA) is 73.3 Å². The lowest BCUT2D eigenvalue weighted by molar-refractivity contribution is 0.171. The van der Waals surface area contributed by atoms with E-state index in [9.17, 15) is 5.11 Å². The first-order valence-electron chi connectivity index (χ1n) is 7.55. The molecule has 0 fully saturated rings. The van der Waals surface area contributed by atoms with E-state index in [2.05, 4.69) is 16.4 Å². The van der Waals surface area contributed by atoms with Crippen LogP contribution in [0.5, 0.6) is 0 Å². The molecule has 5 heteroatoms. The Hall–Kier alpha value is -2.68. The summed E-state index contributed by atoms with van der Waals surface area (Å²) in [7, 11) is 0. The third-order valence-corrected chi connectivity index (χ3v) is 3.71. The highest BCUT2D eigenvalue weighted by Gasteiger charge is 2.07. The van der Waals surface area contributed by atoms with Crippen LogP contribution in [0.4, 0.5) is 0 Å². The van der Waals surface area contributed by atoms with Crippen molar-refractivity contribution < 1.29 is 5.11 Å². The number of imidazole rings is 1. The number of aromatic nitrogens is 2. The molecule has 2 aromatic heterocycles. The van der Waals surface area contributed by atoms with Crippen LogP contribution in [-0.4, -0.2) is 27.1 Å². The number of fused-ring (bicyclic) bond motifs is 1. The van der Waals surface area contributed by atoms with Crippen LogP contribution in [-0.2, 0) is 13.0 Å². The Morgan fingerprint density at radius 1 is 1.22 bits per heavy atom. The van der Waals surface area contributed by atoms with Gasteiger partial charge in [0.05, 0.1) is 23.6 Å². The van der Waals surface area contributed by atoms with Crippen LogP contribution >= 0.6 is 0 Å². The van der Waals surface area contributed by atoms with E-state index in [1.54, 1.807) is 18.5 Å². The van der Waals surface area contributed by atoms with Crippen LogP contribution in [0.15, 0.2) is 54.9 Å². The molecule has 0 saturated carbocycles. The maximum Gasteiger partial charge on any atom is 0.137 e. The first-order chi connectivity index (χ1) is 11.3. The number of hydrogen-bond donors (Lipinski definition) is 2. The number of aliphatic hydroxyl groups excluding tert-OH is 1. The zero-order valence-corrected chi connectivity index (χ0v) is 12.7. The predicted molar refractivity (Wildman–Crippen MR) is 87.8 cm³/mol. The van der Waals surface area contributed by atoms with Gasteiger partial charge in [-0.15, -0.1) is 0 Å². The Morgan fingerprint density at radius 3 is 2.83 bits per heavy atom. The molecule has 0 amide bonds. The van der Waals surface area contributed by atoms with Gasteiger partial charge in [0.1, 0.15) is 11.7 Å². The molecule has 0 radical (unpaired) electrons. The lowest BCUT2D eigenvalue weighted by Gasteiger charge is -2.12. The average Bonchev–Trinajstić information content (AvgIpc) is 2.98. The Balaban J connectivity index is 1.57. The molecule has 3 rings (SSSR count). The molecular formula is C18H18N4O. The second kappa shape index (κ2) is 7.05. The molecule has 1 atom stereocenters. The first kappa shape index (κ1) is 15.2. The second-order valence-electron chi connectivity index (χ2n) is 5.48. The summed E-state index contributed by atoms with van der Waals surface area (Å²) in [5.41, 5.74) is 3.49. The van der Waals surface area contributed by atoms with E-state index in [1.807, 2.05) is 40.8 Å². The molecule has 0 spiro atoms. The molecule has 23 heavy (non-hydrogen) atoms. The normalized spacial score (nSPS) is 12.2. The van der Waals surface area contributed by atoms with Gasteiger partial charge in [0.25, 0.3) is 0 Å². The molecule has 5 nitrogen and oxygen atoms in total. The van der Waals surface area contributed by atoms with Crippen molar-refractivity contribution in [3.63, 3.8) is 0 Å². The average molecular weight is 306 g/mol. The SMILES string of the molecule is N#Cc1ccc2ncc(CNCC(O)Cc3ccccc3)n2c1. The van der Waals surface area contributed by atoms with Gasteiger partial charge >= 0.3 is 0 Å². The first-order valence-corrected chi connectivity index (χ1v) is 7.55. The van der Waals surface area contributed by atoms with Gasteiger partial charge in [-0.05, 0) is 24.1 Å². The second-order valence-corrected chi connectivity index (χ2v) is 5.48. The van der Waals surface area contributed by atoms with Crippen molar-refractivity contribution in [2.75, 3.05) is 6.54 Å². The fraction of sp³-hybridized carbons (Fsp3) is 0.222. The van der Waals surface area contributed by atoms with E-state index in [4.69, 9.17) is 5.26 Å². The molecule has 0 bridgehead atoms. The third-order valence-electron chi connectivity index (χ3n) is 3.71. The van der Waals surface area contributed by atoms with Gasteiger partial charge in [0.2, 0.25) is 0 Å². The molecular weight excluding hydrogens is 288 g/mol. The maximum absolute atomic E-state index is 10.1. The van der Waals surface area contributed by atoms with E-state index in [-0.39, 0.29) is 0 Å². The number of pyridine rings is 1. The Bertz CT molecular complexity index is 820. The van der Waals surface area contributed by atoms with E-state index >= 15 is 0 Å². The van der Waals surface area contributed by atoms with Crippen LogP contribution in [0.25, 0.3) is 5.65 Å². The van der Waals surface area contributed by atoms with Crippen LogP contribution in [0, 0.1) is 11.3 Å². The minimum absolute atomic E-state index is 0.439. The van der Waals surface area contributed by atoms with Gasteiger partial charge in [0.15, 0.2) is 0 Å². The van der Waals surface area contributed by atoms with E-state index in [0.29, 0.717) is 25.1 Å². The molecule has 3 aromatic rings. The van der Waals surface area contributed by atoms with Crippen molar-refractivity contribution in [2.45, 2.75) is 19.1 Å². The van der Waals surface area contributed by atoms with E-state index in [1.165, 1.54) is 0 Å². The largest absolute Gasteiger partial charge is 0.391 e. The summed E-state index contributed by atoms with van der Waals surface area (Å²) >= 11 is 0. The standard InChI is InChI=1S/C18H18N4O/c19-9-15-6-7-18-21-11-16(22(18)13-15)10-20-12-17(23)8-14-4-2-1-3-5-14/h1-7,11,13,17,20,23H,8,10,12H2. The van der Waals surface area contributed by atoms with Gasteiger partial charge in [-0.1, -0.05) is 30.3 Å². The number of nitriles is 1. The summed E-state index contributed by atoms with van der Waals surface area (Å²) in [5, 5.41) is 22.3. The van der Waals surface area contributed by atoms with Crippen molar-refractivity contribution >= 4 is 5.65 Å². The van der Waals surface area contributed by atoms with Gasteiger partial charge in [-0.2, -0.15) is 5.26 Å². The minimum Gasteiger partial charge on any atom is -0.391 e. The van der Waals surface area contributed by atoms with Crippen LogP contribution < -0.4 is 5.32 Å². The van der Waals surface area contributed by atoms with Gasteiger partial charge in [0, 0.05) is 19.3 Å². The molecule has 2 N–H and O–H groups in total. The minimum atomic E-state index is -0.439. The smallest absolute Gasteiger partial charge is 0.137 e. The summed E-state index contributed by atoms with van der Waals surface area (Å²) in [6, 6.07) is 15.6. The van der Waals surface area contributed by atoms with Crippen molar-refractivity contribution in [1.29, 1.82) is 5.26 Å². The zero-order chi connectivity index (χ0) is 16.1. The number of rotatable bonds is 6. The fourth-order valence-electron chi connectivity index (χ4n) is 2.55. The molecule has 2 heterocycles. The van der Waals surface area contributed by atoms with E-state index in [0.717, 1.165) is 16.9 Å². The van der Waals surface area contributed by atoms with E-state index < -0.39 is 6.10 Å². The summed E-state index contributed by atoms with van der Waals surface area (Å²) in [6.07, 6.45) is 3.75. The number of hydrogen-bond acceptors (Lipinski definition) is 4. The predicted octanol–water partition coefficient (Wildman–Crippen LogP) is 1.90. The lowest BCUT2D eigenvalue weighted by atomic mass is 10.1. The van der Waals surface area contributed by atoms with Crippen LogP contribution in [0.1, 0.15) is 16.8 Å². The molecule has 0 saturated heterocycles. The van der Waals surface area contributed by atoms with Gasteiger partial charge < -0.3 is 14.8 Å². The molecule has 1 unspecified atom stereocenters. The number of nitrogens with zero attached hydrogens (tertiary/aromatic N) is 3.